The molecule has 1 amide bonds. The summed E-state index contributed by atoms with van der Waals surface area (Å²) in [4.78, 5) is 27.6. The van der Waals surface area contributed by atoms with E-state index in [-0.39, 0.29) is 16.6 Å². The van der Waals surface area contributed by atoms with Crippen molar-refractivity contribution in [2.24, 2.45) is 0 Å². The van der Waals surface area contributed by atoms with Gasteiger partial charge in [0.05, 0.1) is 12.2 Å². The topological polar surface area (TPSA) is 64.4 Å². The highest BCUT2D eigenvalue weighted by atomic mass is 35.5. The first kappa shape index (κ1) is 21.1. The summed E-state index contributed by atoms with van der Waals surface area (Å²) >= 11 is 6.46. The highest BCUT2D eigenvalue weighted by molar-refractivity contribution is 6.32. The number of ether oxygens (including phenoxy) is 1. The average molecular weight is 438 g/mol. The van der Waals surface area contributed by atoms with Crippen molar-refractivity contribution < 1.29 is 14.3 Å². The number of halogens is 1. The van der Waals surface area contributed by atoms with Crippen LogP contribution in [0, 0.1) is 6.92 Å². The molecule has 0 bridgehead atoms. The van der Waals surface area contributed by atoms with E-state index >= 15 is 0 Å². The van der Waals surface area contributed by atoms with E-state index in [4.69, 9.17) is 16.3 Å². The Morgan fingerprint density at radius 1 is 1.13 bits per heavy atom. The summed E-state index contributed by atoms with van der Waals surface area (Å²) < 4.78 is 7.09. The van der Waals surface area contributed by atoms with Crippen LogP contribution in [0.15, 0.2) is 54.6 Å². The summed E-state index contributed by atoms with van der Waals surface area (Å²) in [6, 6.07) is 17.5. The van der Waals surface area contributed by atoms with Crippen molar-refractivity contribution in [1.82, 2.24) is 9.78 Å². The van der Waals surface area contributed by atoms with Gasteiger partial charge in [-0.3, -0.25) is 4.79 Å². The number of aryl methyl sites for hydroxylation is 2. The number of esters is 1. The van der Waals surface area contributed by atoms with Crippen LogP contribution in [0.1, 0.15) is 40.5 Å². The lowest BCUT2D eigenvalue weighted by molar-refractivity contribution is -0.126. The maximum absolute atomic E-state index is 13.0. The van der Waals surface area contributed by atoms with Crippen molar-refractivity contribution in [2.45, 2.75) is 39.3 Å². The molecule has 31 heavy (non-hydrogen) atoms. The molecule has 0 fully saturated rings. The van der Waals surface area contributed by atoms with Gasteiger partial charge in [0.25, 0.3) is 5.91 Å². The van der Waals surface area contributed by atoms with Gasteiger partial charge < -0.3 is 9.64 Å². The molecular formula is C24H24ClN3O3. The summed E-state index contributed by atoms with van der Waals surface area (Å²) in [5.41, 5.74) is 3.68. The second-order valence-electron chi connectivity index (χ2n) is 7.66. The van der Waals surface area contributed by atoms with E-state index in [9.17, 15) is 9.59 Å². The fraction of sp³-hybridized carbons (Fsp3) is 0.292. The molecule has 0 aliphatic carbocycles. The van der Waals surface area contributed by atoms with Gasteiger partial charge in [-0.05, 0) is 43.9 Å². The Kier molecular flexibility index (Phi) is 6.09. The van der Waals surface area contributed by atoms with Crippen molar-refractivity contribution in [3.8, 4) is 0 Å². The van der Waals surface area contributed by atoms with E-state index in [0.29, 0.717) is 18.8 Å². The number of para-hydroxylation sites is 1. The number of amides is 1. The van der Waals surface area contributed by atoms with E-state index < -0.39 is 12.1 Å². The highest BCUT2D eigenvalue weighted by Gasteiger charge is 2.30. The fourth-order valence-corrected chi connectivity index (χ4v) is 4.21. The quantitative estimate of drug-likeness (QED) is 0.554. The second kappa shape index (κ2) is 8.94. The molecule has 1 aromatic heterocycles. The van der Waals surface area contributed by atoms with Crippen LogP contribution in [0.2, 0.25) is 5.15 Å². The SMILES string of the molecule is Cc1nn(Cc2ccccc2)c(Cl)c1C(=O)OC(C)C(=O)N1CCCc2ccccc21. The molecule has 160 valence electrons. The van der Waals surface area contributed by atoms with Crippen molar-refractivity contribution in [3.05, 3.63) is 82.1 Å². The molecule has 0 N–H and O–H groups in total. The van der Waals surface area contributed by atoms with Crippen molar-refractivity contribution >= 4 is 29.2 Å². The lowest BCUT2D eigenvalue weighted by atomic mass is 10.0. The number of benzene rings is 2. The molecule has 1 aliphatic heterocycles. The average Bonchev–Trinajstić information content (AvgIpc) is 3.06. The van der Waals surface area contributed by atoms with Crippen LogP contribution in [-0.2, 0) is 22.5 Å². The Bertz CT molecular complexity index is 1110. The third-order valence-corrected chi connectivity index (χ3v) is 5.84. The normalized spacial score (nSPS) is 14.1. The first-order valence-electron chi connectivity index (χ1n) is 10.3. The van der Waals surface area contributed by atoms with Crippen LogP contribution in [0.5, 0.6) is 0 Å². The number of nitrogens with zero attached hydrogens (tertiary/aromatic N) is 3. The van der Waals surface area contributed by atoms with Gasteiger partial charge in [-0.2, -0.15) is 5.10 Å². The van der Waals surface area contributed by atoms with Crippen LogP contribution in [0.25, 0.3) is 0 Å². The molecule has 0 saturated heterocycles. The predicted molar refractivity (Wildman–Crippen MR) is 120 cm³/mol. The van der Waals surface area contributed by atoms with Gasteiger partial charge in [0.15, 0.2) is 6.10 Å². The number of rotatable bonds is 5. The number of carbonyl (C=O) groups is 2. The number of anilines is 1. The Hall–Kier alpha value is -3.12. The van der Waals surface area contributed by atoms with E-state index in [1.807, 2.05) is 54.6 Å². The van der Waals surface area contributed by atoms with Gasteiger partial charge in [0.2, 0.25) is 0 Å². The highest BCUT2D eigenvalue weighted by Crippen LogP contribution is 2.28. The molecule has 0 saturated carbocycles. The minimum Gasteiger partial charge on any atom is -0.449 e. The molecular weight excluding hydrogens is 414 g/mol. The third-order valence-electron chi connectivity index (χ3n) is 5.45. The Labute approximate surface area is 186 Å². The van der Waals surface area contributed by atoms with Gasteiger partial charge in [-0.1, -0.05) is 60.1 Å². The molecule has 1 unspecified atom stereocenters. The Balaban J connectivity index is 1.49. The van der Waals surface area contributed by atoms with Crippen LogP contribution in [0.4, 0.5) is 5.69 Å². The van der Waals surface area contributed by atoms with E-state index in [1.54, 1.807) is 23.4 Å². The molecule has 1 aliphatic rings. The zero-order chi connectivity index (χ0) is 22.0. The molecule has 7 heteroatoms. The van der Waals surface area contributed by atoms with Gasteiger partial charge in [-0.25, -0.2) is 9.48 Å². The maximum atomic E-state index is 13.0. The monoisotopic (exact) mass is 437 g/mol. The standard InChI is InChI=1S/C24H24ClN3O3/c1-16-21(22(25)28(26-16)15-18-9-4-3-5-10-18)24(30)31-17(2)23(29)27-14-8-12-19-11-6-7-13-20(19)27/h3-7,9-11,13,17H,8,12,14-15H2,1-2H3. The molecule has 6 nitrogen and oxygen atoms in total. The molecule has 2 aromatic carbocycles. The van der Waals surface area contributed by atoms with Crippen LogP contribution < -0.4 is 4.90 Å². The number of fused-ring (bicyclic) bond motifs is 1. The van der Waals surface area contributed by atoms with Gasteiger partial charge in [-0.15, -0.1) is 0 Å². The maximum Gasteiger partial charge on any atom is 0.343 e. The fourth-order valence-electron chi connectivity index (χ4n) is 3.90. The predicted octanol–water partition coefficient (Wildman–Crippen LogP) is 4.42. The van der Waals surface area contributed by atoms with Gasteiger partial charge in [0.1, 0.15) is 10.7 Å². The van der Waals surface area contributed by atoms with E-state index in [2.05, 4.69) is 5.10 Å². The van der Waals surface area contributed by atoms with Crippen LogP contribution in [0.3, 0.4) is 0 Å². The second-order valence-corrected chi connectivity index (χ2v) is 8.02. The first-order chi connectivity index (χ1) is 15.0. The molecule has 3 aromatic rings. The number of aromatic nitrogens is 2. The van der Waals surface area contributed by atoms with Crippen molar-refractivity contribution in [2.75, 3.05) is 11.4 Å². The largest absolute Gasteiger partial charge is 0.449 e. The summed E-state index contributed by atoms with van der Waals surface area (Å²) in [7, 11) is 0. The van der Waals surface area contributed by atoms with Gasteiger partial charge in [0, 0.05) is 12.2 Å². The summed E-state index contributed by atoms with van der Waals surface area (Å²) in [6.45, 7) is 4.34. The lowest BCUT2D eigenvalue weighted by Crippen LogP contribution is -2.42. The number of hydrogen-bond acceptors (Lipinski definition) is 4. The van der Waals surface area contributed by atoms with Crippen molar-refractivity contribution in [3.63, 3.8) is 0 Å². The van der Waals surface area contributed by atoms with Crippen molar-refractivity contribution in [1.29, 1.82) is 0 Å². The summed E-state index contributed by atoms with van der Waals surface area (Å²) in [5.74, 6) is -0.890. The molecule has 0 radical (unpaired) electrons. The van der Waals surface area contributed by atoms with Gasteiger partial charge >= 0.3 is 5.97 Å². The number of hydrogen-bond donors (Lipinski definition) is 0. The lowest BCUT2D eigenvalue weighted by Gasteiger charge is -2.31. The zero-order valence-corrected chi connectivity index (χ0v) is 18.3. The molecule has 0 spiro atoms. The summed E-state index contributed by atoms with van der Waals surface area (Å²) in [5, 5.41) is 4.59. The van der Waals surface area contributed by atoms with E-state index in [1.165, 1.54) is 0 Å². The van der Waals surface area contributed by atoms with Crippen LogP contribution >= 0.6 is 11.6 Å². The molecule has 1 atom stereocenters. The molecule has 2 heterocycles. The Morgan fingerprint density at radius 2 is 1.84 bits per heavy atom. The minimum atomic E-state index is -0.938. The Morgan fingerprint density at radius 3 is 2.61 bits per heavy atom. The van der Waals surface area contributed by atoms with E-state index in [0.717, 1.165) is 29.7 Å². The number of carbonyl (C=O) groups excluding carboxylic acids is 2. The zero-order valence-electron chi connectivity index (χ0n) is 17.5. The molecule has 4 rings (SSSR count). The summed E-state index contributed by atoms with van der Waals surface area (Å²) in [6.07, 6.45) is 0.871. The van der Waals surface area contributed by atoms with Crippen LogP contribution in [-0.4, -0.2) is 34.3 Å². The minimum absolute atomic E-state index is 0.191. The first-order valence-corrected chi connectivity index (χ1v) is 10.7. The smallest absolute Gasteiger partial charge is 0.343 e. The third kappa shape index (κ3) is 4.35.